The number of carbonyl (C=O) groups excluding carboxylic acids is 1. The van der Waals surface area contributed by atoms with Crippen molar-refractivity contribution in [2.24, 2.45) is 0 Å². The minimum Gasteiger partial charge on any atom is -0.325 e. The Bertz CT molecular complexity index is 544. The van der Waals surface area contributed by atoms with E-state index in [0.717, 1.165) is 4.90 Å². The van der Waals surface area contributed by atoms with Crippen LogP contribution in [-0.2, 0) is 13.9 Å². The van der Waals surface area contributed by atoms with Crippen molar-refractivity contribution in [3.63, 3.8) is 0 Å². The lowest BCUT2D eigenvalue weighted by Crippen LogP contribution is -2.34. The summed E-state index contributed by atoms with van der Waals surface area (Å²) in [6, 6.07) is 8.31. The number of rotatable bonds is 7. The molecule has 5 N–H and O–H groups in total. The van der Waals surface area contributed by atoms with Gasteiger partial charge in [-0.2, -0.15) is 0 Å². The summed E-state index contributed by atoms with van der Waals surface area (Å²) in [5.41, 5.74) is 0.467. The predicted molar refractivity (Wildman–Crippen MR) is 75.6 cm³/mol. The van der Waals surface area contributed by atoms with E-state index in [0.29, 0.717) is 5.69 Å². The number of benzene rings is 1. The standard InChI is InChI=1S/C10H16N2O7P2/c13-10(11-9-4-2-1-3-5-9)6-12(7-20(14,15)16)8-21(17,18)19/h1-5H,6-8H2,(H,11,13)(H2,14,15,16)(H2,17,18,19). The molecule has 118 valence electrons. The second-order valence-corrected chi connectivity index (χ2v) is 7.58. The molecule has 11 heteroatoms. The van der Waals surface area contributed by atoms with Gasteiger partial charge in [-0.15, -0.1) is 0 Å². The Morgan fingerprint density at radius 2 is 1.48 bits per heavy atom. The van der Waals surface area contributed by atoms with Gasteiger partial charge < -0.3 is 24.9 Å². The van der Waals surface area contributed by atoms with E-state index in [4.69, 9.17) is 19.6 Å². The molecule has 0 atom stereocenters. The maximum Gasteiger partial charge on any atom is 0.339 e. The topological polar surface area (TPSA) is 147 Å². The second kappa shape index (κ2) is 7.29. The third kappa shape index (κ3) is 8.75. The van der Waals surface area contributed by atoms with E-state index in [2.05, 4.69) is 5.32 Å². The number of nitrogens with one attached hydrogen (secondary N) is 1. The summed E-state index contributed by atoms with van der Waals surface area (Å²) in [5.74, 6) is -0.636. The molecule has 0 aliphatic heterocycles. The van der Waals surface area contributed by atoms with E-state index in [1.54, 1.807) is 30.3 Å². The normalized spacial score (nSPS) is 12.4. The maximum absolute atomic E-state index is 11.7. The zero-order valence-electron chi connectivity index (χ0n) is 10.9. The molecule has 0 aromatic heterocycles. The van der Waals surface area contributed by atoms with Crippen LogP contribution in [0.3, 0.4) is 0 Å². The van der Waals surface area contributed by atoms with Crippen molar-refractivity contribution in [3.05, 3.63) is 30.3 Å². The average molecular weight is 338 g/mol. The van der Waals surface area contributed by atoms with Gasteiger partial charge in [-0.1, -0.05) is 18.2 Å². The molecule has 0 heterocycles. The van der Waals surface area contributed by atoms with Crippen molar-refractivity contribution < 1.29 is 33.5 Å². The van der Waals surface area contributed by atoms with Gasteiger partial charge in [0.05, 0.1) is 6.54 Å². The van der Waals surface area contributed by atoms with Crippen LogP contribution < -0.4 is 5.32 Å². The van der Waals surface area contributed by atoms with Gasteiger partial charge in [0.1, 0.15) is 12.6 Å². The van der Waals surface area contributed by atoms with Gasteiger partial charge in [0.25, 0.3) is 0 Å². The predicted octanol–water partition coefficient (Wildman–Crippen LogP) is 0.198. The Morgan fingerprint density at radius 3 is 1.90 bits per heavy atom. The third-order valence-corrected chi connectivity index (χ3v) is 3.73. The molecule has 0 saturated carbocycles. The van der Waals surface area contributed by atoms with E-state index < -0.39 is 40.2 Å². The molecule has 21 heavy (non-hydrogen) atoms. The van der Waals surface area contributed by atoms with Crippen molar-refractivity contribution in [1.82, 2.24) is 4.90 Å². The van der Waals surface area contributed by atoms with E-state index in [1.807, 2.05) is 0 Å². The van der Waals surface area contributed by atoms with Crippen LogP contribution >= 0.6 is 15.2 Å². The first kappa shape index (κ1) is 18.0. The third-order valence-electron chi connectivity index (χ3n) is 2.19. The highest BCUT2D eigenvalue weighted by Crippen LogP contribution is 2.40. The molecule has 1 aromatic carbocycles. The van der Waals surface area contributed by atoms with Gasteiger partial charge in [-0.25, -0.2) is 0 Å². The monoisotopic (exact) mass is 338 g/mol. The van der Waals surface area contributed by atoms with E-state index >= 15 is 0 Å². The van der Waals surface area contributed by atoms with Gasteiger partial charge in [0.2, 0.25) is 5.91 Å². The fourth-order valence-electron chi connectivity index (χ4n) is 1.59. The van der Waals surface area contributed by atoms with E-state index in [-0.39, 0.29) is 0 Å². The lowest BCUT2D eigenvalue weighted by molar-refractivity contribution is -0.117. The molecule has 0 radical (unpaired) electrons. The minimum atomic E-state index is -4.54. The molecule has 1 aromatic rings. The Kier molecular flexibility index (Phi) is 6.24. The lowest BCUT2D eigenvalue weighted by Gasteiger charge is -2.22. The van der Waals surface area contributed by atoms with Gasteiger partial charge in [-0.3, -0.25) is 18.8 Å². The molecule has 0 unspecified atom stereocenters. The lowest BCUT2D eigenvalue weighted by atomic mass is 10.3. The molecular weight excluding hydrogens is 322 g/mol. The van der Waals surface area contributed by atoms with Crippen LogP contribution in [0.1, 0.15) is 0 Å². The first-order valence-electron chi connectivity index (χ1n) is 5.71. The summed E-state index contributed by atoms with van der Waals surface area (Å²) < 4.78 is 21.9. The van der Waals surface area contributed by atoms with Crippen LogP contribution in [0.25, 0.3) is 0 Å². The highest BCUT2D eigenvalue weighted by atomic mass is 31.2. The molecule has 0 saturated heterocycles. The summed E-state index contributed by atoms with van der Waals surface area (Å²) in [7, 11) is -9.09. The number of amides is 1. The first-order valence-corrected chi connectivity index (χ1v) is 9.31. The first-order chi connectivity index (χ1) is 9.55. The number of anilines is 1. The quantitative estimate of drug-likeness (QED) is 0.443. The van der Waals surface area contributed by atoms with Crippen molar-refractivity contribution in [2.75, 3.05) is 24.4 Å². The summed E-state index contributed by atoms with van der Waals surface area (Å²) in [5, 5.41) is 2.46. The molecule has 1 amide bonds. The highest BCUT2D eigenvalue weighted by Gasteiger charge is 2.27. The summed E-state index contributed by atoms with van der Waals surface area (Å²) in [6.45, 7) is -0.550. The Balaban J connectivity index is 2.69. The van der Waals surface area contributed by atoms with Crippen molar-refractivity contribution >= 4 is 26.8 Å². The number of hydrogen-bond acceptors (Lipinski definition) is 4. The molecule has 9 nitrogen and oxygen atoms in total. The van der Waals surface area contributed by atoms with Crippen LogP contribution in [0.4, 0.5) is 5.69 Å². The second-order valence-electron chi connectivity index (χ2n) is 4.36. The smallest absolute Gasteiger partial charge is 0.325 e. The summed E-state index contributed by atoms with van der Waals surface area (Å²) in [6.07, 6.45) is -1.83. The fraction of sp³-hybridized carbons (Fsp3) is 0.300. The van der Waals surface area contributed by atoms with Gasteiger partial charge in [0, 0.05) is 5.69 Å². The number of carbonyl (C=O) groups is 1. The molecule has 0 aliphatic rings. The van der Waals surface area contributed by atoms with E-state index in [1.165, 1.54) is 0 Å². The van der Waals surface area contributed by atoms with Gasteiger partial charge in [0.15, 0.2) is 0 Å². The molecule has 1 rings (SSSR count). The van der Waals surface area contributed by atoms with Crippen LogP contribution in [-0.4, -0.2) is 49.5 Å². The van der Waals surface area contributed by atoms with Crippen LogP contribution in [0.5, 0.6) is 0 Å². The molecule has 0 fully saturated rings. The molecule has 0 aliphatic carbocycles. The largest absolute Gasteiger partial charge is 0.339 e. The average Bonchev–Trinajstić information content (AvgIpc) is 2.24. The van der Waals surface area contributed by atoms with Crippen molar-refractivity contribution in [1.29, 1.82) is 0 Å². The van der Waals surface area contributed by atoms with Gasteiger partial charge in [-0.05, 0) is 12.1 Å². The molecular formula is C10H16N2O7P2. The van der Waals surface area contributed by atoms with Crippen molar-refractivity contribution in [2.45, 2.75) is 0 Å². The minimum absolute atomic E-state index is 0.467. The summed E-state index contributed by atoms with van der Waals surface area (Å²) in [4.78, 5) is 47.9. The van der Waals surface area contributed by atoms with Crippen LogP contribution in [0, 0.1) is 0 Å². The Morgan fingerprint density at radius 1 is 1.00 bits per heavy atom. The fourth-order valence-corrected chi connectivity index (χ4v) is 3.19. The zero-order chi connectivity index (χ0) is 16.1. The summed E-state index contributed by atoms with van der Waals surface area (Å²) >= 11 is 0. The zero-order valence-corrected chi connectivity index (χ0v) is 12.7. The number of nitrogens with zero attached hydrogens (tertiary/aromatic N) is 1. The Hall–Kier alpha value is -1.05. The van der Waals surface area contributed by atoms with Gasteiger partial charge >= 0.3 is 15.2 Å². The molecule has 0 spiro atoms. The number of hydrogen-bond donors (Lipinski definition) is 5. The number of para-hydroxylation sites is 1. The van der Waals surface area contributed by atoms with Crippen LogP contribution in [0.15, 0.2) is 30.3 Å². The van der Waals surface area contributed by atoms with Crippen molar-refractivity contribution in [3.8, 4) is 0 Å². The SMILES string of the molecule is O=C(CN(CP(=O)(O)O)CP(=O)(O)O)Nc1ccccc1. The molecule has 0 bridgehead atoms. The van der Waals surface area contributed by atoms with E-state index in [9.17, 15) is 13.9 Å². The van der Waals surface area contributed by atoms with Crippen LogP contribution in [0.2, 0.25) is 0 Å². The highest BCUT2D eigenvalue weighted by molar-refractivity contribution is 7.52. The maximum atomic E-state index is 11.7. The Labute approximate surface area is 120 Å².